The lowest BCUT2D eigenvalue weighted by molar-refractivity contribution is -0.192. The van der Waals surface area contributed by atoms with E-state index in [1.165, 1.54) is 0 Å². The first-order valence-corrected chi connectivity index (χ1v) is 15.1. The van der Waals surface area contributed by atoms with Crippen molar-refractivity contribution in [2.45, 2.75) is 37.9 Å². The van der Waals surface area contributed by atoms with E-state index in [2.05, 4.69) is 21.3 Å². The number of aliphatic carboxylic acids is 2. The predicted octanol–water partition coefficient (Wildman–Crippen LogP) is 5.88. The highest BCUT2D eigenvalue weighted by atomic mass is 19.4. The summed E-state index contributed by atoms with van der Waals surface area (Å²) in [5.41, 5.74) is 3.39. The minimum Gasteiger partial charge on any atom is -0.481 e. The number of nitrogens with one attached hydrogen (secondary N) is 4. The summed E-state index contributed by atoms with van der Waals surface area (Å²) in [6.07, 6.45) is -4.06. The number of alkyl halides is 3. The van der Waals surface area contributed by atoms with Crippen LogP contribution in [0.25, 0.3) is 21.9 Å². The molecule has 0 aliphatic heterocycles. The molecule has 11 nitrogen and oxygen atoms in total. The Kier molecular flexibility index (Phi) is 14.1. The zero-order chi connectivity index (χ0) is 35.8. The quantitative estimate of drug-likeness (QED) is 0.0957. The van der Waals surface area contributed by atoms with Crippen molar-refractivity contribution >= 4 is 46.2 Å². The number of carboxylic acid groups (broad SMARTS) is 2. The van der Waals surface area contributed by atoms with E-state index in [0.29, 0.717) is 24.9 Å². The van der Waals surface area contributed by atoms with Crippen molar-refractivity contribution in [3.05, 3.63) is 103 Å². The maximum atomic E-state index is 12.5. The van der Waals surface area contributed by atoms with Gasteiger partial charge in [-0.1, -0.05) is 91.0 Å². The fourth-order valence-corrected chi connectivity index (χ4v) is 4.59. The number of carbonyl (C=O) groups excluding carboxylic acids is 3. The number of anilines is 1. The van der Waals surface area contributed by atoms with Gasteiger partial charge in [0.25, 0.3) is 0 Å². The lowest BCUT2D eigenvalue weighted by atomic mass is 9.99. The highest BCUT2D eigenvalue weighted by Crippen LogP contribution is 2.24. The van der Waals surface area contributed by atoms with Gasteiger partial charge >= 0.3 is 24.1 Å². The standard InChI is InChI=1S/C33H34N4O5.C2HF3O2/c38-30(15-6-7-20-34-33(42)37-28-14-8-12-25-11-4-5-13-27(25)28)35-22-31(39)36-29(21-32(40)41)26-18-16-24(17-19-26)23-9-2-1-3-10-23;3-2(4,5)1(6)7/h1-5,8-14,16-19,29H,6-7,15,20-22H2,(H,35,38)(H,36,39)(H,40,41)(H2,34,37,42);(H,6,7). The third-order valence-corrected chi connectivity index (χ3v) is 6.98. The summed E-state index contributed by atoms with van der Waals surface area (Å²) in [6.45, 7) is 0.132. The van der Waals surface area contributed by atoms with Crippen LogP contribution in [0, 0.1) is 0 Å². The van der Waals surface area contributed by atoms with E-state index in [0.717, 1.165) is 27.6 Å². The molecule has 0 aromatic heterocycles. The molecule has 0 heterocycles. The maximum Gasteiger partial charge on any atom is 0.490 e. The molecule has 258 valence electrons. The molecule has 0 saturated carbocycles. The van der Waals surface area contributed by atoms with Gasteiger partial charge in [-0.3, -0.25) is 14.4 Å². The molecule has 0 radical (unpaired) electrons. The number of carbonyl (C=O) groups is 5. The summed E-state index contributed by atoms with van der Waals surface area (Å²) < 4.78 is 31.7. The molecule has 6 N–H and O–H groups in total. The van der Waals surface area contributed by atoms with Gasteiger partial charge in [0.2, 0.25) is 11.8 Å². The van der Waals surface area contributed by atoms with Crippen molar-refractivity contribution in [3.8, 4) is 11.1 Å². The average Bonchev–Trinajstić information content (AvgIpc) is 3.07. The van der Waals surface area contributed by atoms with Crippen LogP contribution in [0.1, 0.15) is 37.3 Å². The Balaban J connectivity index is 0.000000838. The van der Waals surface area contributed by atoms with Gasteiger partial charge in [-0.15, -0.1) is 0 Å². The molecule has 4 rings (SSSR count). The van der Waals surface area contributed by atoms with Crippen LogP contribution in [0.3, 0.4) is 0 Å². The van der Waals surface area contributed by atoms with Crippen molar-refractivity contribution in [2.75, 3.05) is 18.4 Å². The van der Waals surface area contributed by atoms with Gasteiger partial charge in [-0.05, 0) is 41.0 Å². The predicted molar refractivity (Wildman–Crippen MR) is 177 cm³/mol. The van der Waals surface area contributed by atoms with Crippen LogP contribution in [-0.2, 0) is 19.2 Å². The molecule has 0 aliphatic rings. The smallest absolute Gasteiger partial charge is 0.481 e. The molecule has 1 unspecified atom stereocenters. The third kappa shape index (κ3) is 13.0. The number of rotatable bonds is 13. The van der Waals surface area contributed by atoms with Gasteiger partial charge in [-0.2, -0.15) is 13.2 Å². The van der Waals surface area contributed by atoms with E-state index in [1.807, 2.05) is 84.9 Å². The zero-order valence-electron chi connectivity index (χ0n) is 26.1. The van der Waals surface area contributed by atoms with Crippen LogP contribution < -0.4 is 21.3 Å². The Morgan fingerprint density at radius 2 is 1.31 bits per heavy atom. The number of unbranched alkanes of at least 4 members (excludes halogenated alkanes) is 1. The van der Waals surface area contributed by atoms with Crippen LogP contribution in [0.4, 0.5) is 23.7 Å². The summed E-state index contributed by atoms with van der Waals surface area (Å²) in [7, 11) is 0. The molecule has 0 aliphatic carbocycles. The second kappa shape index (κ2) is 18.4. The molecule has 1 atom stereocenters. The first-order chi connectivity index (χ1) is 23.3. The van der Waals surface area contributed by atoms with Gasteiger partial charge in [0, 0.05) is 18.4 Å². The molecule has 4 amide bonds. The molecule has 0 fully saturated rings. The van der Waals surface area contributed by atoms with E-state index in [1.54, 1.807) is 12.1 Å². The van der Waals surface area contributed by atoms with Gasteiger partial charge in [0.15, 0.2) is 0 Å². The minimum absolute atomic E-state index is 0.194. The fourth-order valence-electron chi connectivity index (χ4n) is 4.59. The number of benzene rings is 4. The number of amides is 4. The van der Waals surface area contributed by atoms with Crippen LogP contribution in [0.2, 0.25) is 0 Å². The van der Waals surface area contributed by atoms with Crippen LogP contribution in [0.15, 0.2) is 97.1 Å². The molecule has 14 heteroatoms. The number of urea groups is 1. The highest BCUT2D eigenvalue weighted by molar-refractivity contribution is 6.01. The Bertz CT molecular complexity index is 1730. The molecule has 0 saturated heterocycles. The molecule has 0 bridgehead atoms. The number of carboxylic acids is 2. The van der Waals surface area contributed by atoms with Gasteiger partial charge in [-0.25, -0.2) is 9.59 Å². The van der Waals surface area contributed by atoms with E-state index in [9.17, 15) is 37.5 Å². The SMILES string of the molecule is O=C(O)C(F)(F)F.O=C(O)CC(NC(=O)CNC(=O)CCCCNC(=O)Nc1cccc2ccccc12)c1ccc(-c2ccccc2)cc1. The van der Waals surface area contributed by atoms with Gasteiger partial charge < -0.3 is 31.5 Å². The van der Waals surface area contributed by atoms with Gasteiger partial charge in [0.1, 0.15) is 0 Å². The fraction of sp³-hybridized carbons (Fsp3) is 0.229. The Labute approximate surface area is 279 Å². The molecule has 4 aromatic rings. The molecule has 49 heavy (non-hydrogen) atoms. The van der Waals surface area contributed by atoms with Crippen molar-refractivity contribution < 1.29 is 47.4 Å². The first kappa shape index (κ1) is 37.5. The second-order valence-corrected chi connectivity index (χ2v) is 10.7. The second-order valence-electron chi connectivity index (χ2n) is 10.7. The number of hydrogen-bond acceptors (Lipinski definition) is 5. The maximum absolute atomic E-state index is 12.5. The van der Waals surface area contributed by atoms with Crippen molar-refractivity contribution in [1.82, 2.24) is 16.0 Å². The van der Waals surface area contributed by atoms with Crippen molar-refractivity contribution in [1.29, 1.82) is 0 Å². The Morgan fingerprint density at radius 1 is 0.694 bits per heavy atom. The van der Waals surface area contributed by atoms with E-state index < -0.39 is 30.1 Å². The number of hydrogen-bond donors (Lipinski definition) is 6. The van der Waals surface area contributed by atoms with Crippen LogP contribution >= 0.6 is 0 Å². The highest BCUT2D eigenvalue weighted by Gasteiger charge is 2.38. The normalized spacial score (nSPS) is 11.3. The number of halogens is 3. The Morgan fingerprint density at radius 3 is 1.96 bits per heavy atom. The summed E-state index contributed by atoms with van der Waals surface area (Å²) in [5, 5.41) is 29.4. The van der Waals surface area contributed by atoms with Crippen molar-refractivity contribution in [3.63, 3.8) is 0 Å². The first-order valence-electron chi connectivity index (χ1n) is 15.1. The zero-order valence-corrected chi connectivity index (χ0v) is 26.1. The van der Waals surface area contributed by atoms with E-state index in [4.69, 9.17) is 9.90 Å². The molecule has 4 aromatic carbocycles. The van der Waals surface area contributed by atoms with E-state index in [-0.39, 0.29) is 31.3 Å². The topological polar surface area (TPSA) is 174 Å². The van der Waals surface area contributed by atoms with Crippen molar-refractivity contribution in [2.24, 2.45) is 0 Å². The average molecular weight is 681 g/mol. The summed E-state index contributed by atoms with van der Waals surface area (Å²) in [4.78, 5) is 57.3. The third-order valence-electron chi connectivity index (χ3n) is 6.98. The van der Waals surface area contributed by atoms with Crippen LogP contribution in [0.5, 0.6) is 0 Å². The number of fused-ring (bicyclic) bond motifs is 1. The molecular weight excluding hydrogens is 645 g/mol. The minimum atomic E-state index is -5.08. The summed E-state index contributed by atoms with van der Waals surface area (Å²) in [5.74, 6) is -4.58. The largest absolute Gasteiger partial charge is 0.490 e. The lowest BCUT2D eigenvalue weighted by Gasteiger charge is -2.18. The van der Waals surface area contributed by atoms with Crippen LogP contribution in [-0.4, -0.2) is 59.3 Å². The summed E-state index contributed by atoms with van der Waals surface area (Å²) >= 11 is 0. The monoisotopic (exact) mass is 680 g/mol. The molecule has 0 spiro atoms. The molecular formula is C35H35F3N4O7. The summed E-state index contributed by atoms with van der Waals surface area (Å²) in [6, 6.07) is 29.6. The van der Waals surface area contributed by atoms with Gasteiger partial charge in [0.05, 0.1) is 24.7 Å². The Hall–Kier alpha value is -5.92. The lowest BCUT2D eigenvalue weighted by Crippen LogP contribution is -2.39. The van der Waals surface area contributed by atoms with E-state index >= 15 is 0 Å².